The Balaban J connectivity index is 1.35. The summed E-state index contributed by atoms with van der Waals surface area (Å²) in [4.78, 5) is 41.7. The van der Waals surface area contributed by atoms with E-state index in [-0.39, 0.29) is 25.1 Å². The number of rotatable bonds is 6. The summed E-state index contributed by atoms with van der Waals surface area (Å²) in [7, 11) is 0. The van der Waals surface area contributed by atoms with Crippen LogP contribution in [0.3, 0.4) is 0 Å². The number of carbonyl (C=O) groups is 3. The van der Waals surface area contributed by atoms with E-state index >= 15 is 0 Å². The van der Waals surface area contributed by atoms with Crippen molar-refractivity contribution in [2.45, 2.75) is 44.8 Å². The van der Waals surface area contributed by atoms with Crippen LogP contribution in [0.25, 0.3) is 0 Å². The quantitative estimate of drug-likeness (QED) is 0.518. The van der Waals surface area contributed by atoms with Crippen LogP contribution in [0.1, 0.15) is 30.9 Å². The van der Waals surface area contributed by atoms with Crippen molar-refractivity contribution in [3.05, 3.63) is 63.6 Å². The summed E-state index contributed by atoms with van der Waals surface area (Å²) in [5, 5.41) is 3.75. The zero-order chi connectivity index (χ0) is 25.7. The lowest BCUT2D eigenvalue weighted by Gasteiger charge is -2.37. The van der Waals surface area contributed by atoms with Gasteiger partial charge in [0.05, 0.1) is 16.7 Å². The van der Waals surface area contributed by atoms with Crippen LogP contribution in [-0.4, -0.2) is 66.3 Å². The number of hydrogen-bond acceptors (Lipinski definition) is 5. The van der Waals surface area contributed by atoms with Crippen molar-refractivity contribution in [3.63, 3.8) is 0 Å². The molecule has 0 radical (unpaired) electrons. The van der Waals surface area contributed by atoms with E-state index in [1.165, 1.54) is 0 Å². The van der Waals surface area contributed by atoms with E-state index in [0.717, 1.165) is 17.7 Å². The molecule has 0 spiro atoms. The molecule has 0 aliphatic carbocycles. The maximum Gasteiger partial charge on any atom is 0.410 e. The van der Waals surface area contributed by atoms with Crippen LogP contribution in [0.2, 0.25) is 10.0 Å². The van der Waals surface area contributed by atoms with E-state index in [4.69, 9.17) is 32.7 Å². The van der Waals surface area contributed by atoms with Gasteiger partial charge >= 0.3 is 18.1 Å². The number of anilines is 1. The van der Waals surface area contributed by atoms with E-state index in [1.807, 2.05) is 29.2 Å². The van der Waals surface area contributed by atoms with Gasteiger partial charge in [0.2, 0.25) is 6.10 Å². The third-order valence-electron chi connectivity index (χ3n) is 6.50. The molecule has 1 saturated heterocycles. The zero-order valence-corrected chi connectivity index (χ0v) is 21.6. The lowest BCUT2D eigenvalue weighted by atomic mass is 10.0. The Kier molecular flexibility index (Phi) is 8.59. The lowest BCUT2D eigenvalue weighted by molar-refractivity contribution is -0.153. The highest BCUT2D eigenvalue weighted by Crippen LogP contribution is 2.26. The predicted molar refractivity (Wildman–Crippen MR) is 138 cm³/mol. The monoisotopic (exact) mass is 533 g/mol. The summed E-state index contributed by atoms with van der Waals surface area (Å²) in [5.74, 6) is -0.618. The number of fused-ring (bicyclic) bond motifs is 1. The van der Waals surface area contributed by atoms with Gasteiger partial charge in [-0.25, -0.2) is 14.4 Å². The van der Waals surface area contributed by atoms with Crippen LogP contribution < -0.4 is 5.32 Å². The van der Waals surface area contributed by atoms with Crippen LogP contribution in [-0.2, 0) is 27.1 Å². The molecule has 2 aromatic carbocycles. The number of likely N-dealkylation sites (tertiary alicyclic amines) is 1. The maximum atomic E-state index is 12.9. The molecule has 8 nitrogen and oxygen atoms in total. The summed E-state index contributed by atoms with van der Waals surface area (Å²) < 4.78 is 10.7. The molecule has 1 atom stereocenters. The number of ether oxygens (including phenoxy) is 2. The fourth-order valence-corrected chi connectivity index (χ4v) is 4.90. The molecule has 36 heavy (non-hydrogen) atoms. The van der Waals surface area contributed by atoms with Gasteiger partial charge in [0, 0.05) is 37.8 Å². The minimum Gasteiger partial charge on any atom is -0.463 e. The summed E-state index contributed by atoms with van der Waals surface area (Å²) in [6.45, 7) is 3.32. The average Bonchev–Trinajstić information content (AvgIpc) is 3.04. The molecule has 2 aliphatic rings. The Labute approximate surface area is 220 Å². The molecule has 2 aliphatic heterocycles. The number of carbonyl (C=O) groups excluding carboxylic acids is 3. The molecule has 1 N–H and O–H groups in total. The summed E-state index contributed by atoms with van der Waals surface area (Å²) in [6, 6.07) is 12.7. The number of piperidine rings is 1. The Bertz CT molecular complexity index is 1120. The van der Waals surface area contributed by atoms with Crippen LogP contribution in [0.5, 0.6) is 0 Å². The number of nitrogens with zero attached hydrogens (tertiary/aromatic N) is 2. The Morgan fingerprint density at radius 2 is 1.83 bits per heavy atom. The van der Waals surface area contributed by atoms with Crippen molar-refractivity contribution in [2.24, 2.45) is 0 Å². The molecule has 0 saturated carbocycles. The maximum absolute atomic E-state index is 12.9. The van der Waals surface area contributed by atoms with Gasteiger partial charge in [-0.2, -0.15) is 0 Å². The van der Waals surface area contributed by atoms with E-state index in [2.05, 4.69) is 5.32 Å². The fourth-order valence-electron chi connectivity index (χ4n) is 4.58. The minimum absolute atomic E-state index is 0.0143. The third kappa shape index (κ3) is 6.23. The number of halogens is 2. The summed E-state index contributed by atoms with van der Waals surface area (Å²) >= 11 is 12.1. The summed E-state index contributed by atoms with van der Waals surface area (Å²) in [5.41, 5.74) is 2.65. The standard InChI is InChI=1S/C26H29Cl2N3O5/c1-2-35-24(32)23(16-17-7-8-20(27)21(28)15-17)36-26(34)30-12-10-19(11-13-30)31-14-9-18-5-3-4-6-22(18)29-25(31)33/h3-8,15,19,23H,2,9-14,16H2,1H3,(H,29,33)/t23-/m1/s1. The van der Waals surface area contributed by atoms with Gasteiger partial charge in [-0.1, -0.05) is 47.5 Å². The number of nitrogens with one attached hydrogen (secondary N) is 1. The molecule has 1 fully saturated rings. The average molecular weight is 534 g/mol. The molecule has 192 valence electrons. The van der Waals surface area contributed by atoms with Crippen LogP contribution in [0.4, 0.5) is 15.3 Å². The number of hydrogen-bond donors (Lipinski definition) is 1. The van der Waals surface area contributed by atoms with Gasteiger partial charge < -0.3 is 24.6 Å². The van der Waals surface area contributed by atoms with Gasteiger partial charge in [0.15, 0.2) is 0 Å². The first-order valence-corrected chi connectivity index (χ1v) is 12.8. The number of esters is 1. The Morgan fingerprint density at radius 3 is 2.56 bits per heavy atom. The van der Waals surface area contributed by atoms with E-state index in [9.17, 15) is 14.4 Å². The minimum atomic E-state index is -1.11. The molecule has 0 unspecified atom stereocenters. The largest absolute Gasteiger partial charge is 0.463 e. The van der Waals surface area contributed by atoms with Crippen molar-refractivity contribution >= 4 is 47.0 Å². The number of para-hydroxylation sites is 1. The van der Waals surface area contributed by atoms with Gasteiger partial charge in [-0.15, -0.1) is 0 Å². The second-order valence-electron chi connectivity index (χ2n) is 8.83. The number of amides is 3. The van der Waals surface area contributed by atoms with Crippen LogP contribution in [0.15, 0.2) is 42.5 Å². The topological polar surface area (TPSA) is 88.2 Å². The first kappa shape index (κ1) is 26.1. The van der Waals surface area contributed by atoms with Crippen molar-refractivity contribution in [3.8, 4) is 0 Å². The second kappa shape index (κ2) is 11.8. The fraction of sp³-hybridized carbons (Fsp3) is 0.423. The number of urea groups is 1. The molecule has 10 heteroatoms. The first-order valence-electron chi connectivity index (χ1n) is 12.1. The predicted octanol–water partition coefficient (Wildman–Crippen LogP) is 5.16. The molecular weight excluding hydrogens is 505 g/mol. The molecule has 0 aromatic heterocycles. The highest BCUT2D eigenvalue weighted by Gasteiger charge is 2.33. The molecule has 4 rings (SSSR count). The van der Waals surface area contributed by atoms with E-state index in [1.54, 1.807) is 30.0 Å². The van der Waals surface area contributed by atoms with Crippen LogP contribution in [0, 0.1) is 0 Å². The Hall–Kier alpha value is -2.97. The van der Waals surface area contributed by atoms with E-state index < -0.39 is 18.2 Å². The van der Waals surface area contributed by atoms with Crippen molar-refractivity contribution in [2.75, 3.05) is 31.6 Å². The van der Waals surface area contributed by atoms with Gasteiger partial charge in [0.1, 0.15) is 0 Å². The van der Waals surface area contributed by atoms with E-state index in [0.29, 0.717) is 48.1 Å². The zero-order valence-electron chi connectivity index (χ0n) is 20.0. The number of benzene rings is 2. The molecule has 0 bridgehead atoms. The molecular formula is C26H29Cl2N3O5. The highest BCUT2D eigenvalue weighted by atomic mass is 35.5. The van der Waals surface area contributed by atoms with Crippen molar-refractivity contribution in [1.82, 2.24) is 9.80 Å². The first-order chi connectivity index (χ1) is 17.4. The second-order valence-corrected chi connectivity index (χ2v) is 9.64. The Morgan fingerprint density at radius 1 is 1.08 bits per heavy atom. The van der Waals surface area contributed by atoms with Gasteiger partial charge in [-0.3, -0.25) is 0 Å². The highest BCUT2D eigenvalue weighted by molar-refractivity contribution is 6.42. The third-order valence-corrected chi connectivity index (χ3v) is 7.24. The molecule has 3 amide bonds. The van der Waals surface area contributed by atoms with Crippen molar-refractivity contribution in [1.29, 1.82) is 0 Å². The van der Waals surface area contributed by atoms with Gasteiger partial charge in [-0.05, 0) is 55.5 Å². The smallest absolute Gasteiger partial charge is 0.410 e. The lowest BCUT2D eigenvalue weighted by Crippen LogP contribution is -2.50. The summed E-state index contributed by atoms with van der Waals surface area (Å²) in [6.07, 6.45) is 0.437. The van der Waals surface area contributed by atoms with Crippen LogP contribution >= 0.6 is 23.2 Å². The van der Waals surface area contributed by atoms with Crippen molar-refractivity contribution < 1.29 is 23.9 Å². The van der Waals surface area contributed by atoms with Gasteiger partial charge in [0.25, 0.3) is 0 Å². The normalized spacial score (nSPS) is 17.0. The molecule has 2 heterocycles. The molecule has 2 aromatic rings. The SMILES string of the molecule is CCOC(=O)[C@@H](Cc1ccc(Cl)c(Cl)c1)OC(=O)N1CCC(N2CCc3ccccc3NC2=O)CC1.